The molecular formula is C43H30N2. The molecule has 9 aromatic rings. The van der Waals surface area contributed by atoms with E-state index in [2.05, 4.69) is 169 Å². The molecule has 2 heterocycles. The van der Waals surface area contributed by atoms with E-state index in [1.807, 2.05) is 0 Å². The summed E-state index contributed by atoms with van der Waals surface area (Å²) in [5, 5.41) is 7.63. The van der Waals surface area contributed by atoms with Gasteiger partial charge in [0.15, 0.2) is 0 Å². The van der Waals surface area contributed by atoms with Gasteiger partial charge in [0.05, 0.1) is 27.8 Å². The van der Waals surface area contributed by atoms with Crippen LogP contribution >= 0.6 is 0 Å². The minimum absolute atomic E-state index is 0.134. The fraction of sp³-hybridized carbons (Fsp3) is 0.0698. The molecule has 0 atom stereocenters. The van der Waals surface area contributed by atoms with Gasteiger partial charge in [-0.25, -0.2) is 0 Å². The van der Waals surface area contributed by atoms with Gasteiger partial charge < -0.3 is 9.13 Å². The maximum Gasteiger partial charge on any atom is 0.0588 e. The highest BCUT2D eigenvalue weighted by Gasteiger charge is 2.38. The van der Waals surface area contributed by atoms with E-state index in [1.165, 1.54) is 88.0 Å². The summed E-state index contributed by atoms with van der Waals surface area (Å²) < 4.78 is 5.01. The Bertz CT molecular complexity index is 2680. The largest absolute Gasteiger partial charge is 0.309 e. The quantitative estimate of drug-likeness (QED) is 0.194. The molecule has 7 aromatic carbocycles. The monoisotopic (exact) mass is 574 g/mol. The molecular weight excluding hydrogens is 544 g/mol. The molecule has 0 saturated heterocycles. The normalized spacial score (nSPS) is 13.7. The maximum absolute atomic E-state index is 2.57. The van der Waals surface area contributed by atoms with Gasteiger partial charge in [-0.05, 0) is 69.4 Å². The summed E-state index contributed by atoms with van der Waals surface area (Å²) >= 11 is 0. The van der Waals surface area contributed by atoms with Gasteiger partial charge >= 0.3 is 0 Å². The lowest BCUT2D eigenvalue weighted by molar-refractivity contribution is 0.664. The average Bonchev–Trinajstić information content (AvgIpc) is 3.68. The summed E-state index contributed by atoms with van der Waals surface area (Å²) in [7, 11) is 0. The zero-order chi connectivity index (χ0) is 29.9. The molecule has 0 amide bonds. The lowest BCUT2D eigenvalue weighted by atomic mass is 9.81. The van der Waals surface area contributed by atoms with Crippen molar-refractivity contribution in [3.05, 3.63) is 157 Å². The first-order chi connectivity index (χ1) is 22.1. The van der Waals surface area contributed by atoms with E-state index in [4.69, 9.17) is 0 Å². The smallest absolute Gasteiger partial charge is 0.0588 e. The highest BCUT2D eigenvalue weighted by atomic mass is 15.0. The fourth-order valence-electron chi connectivity index (χ4n) is 8.34. The van der Waals surface area contributed by atoms with Crippen molar-refractivity contribution in [2.45, 2.75) is 19.3 Å². The van der Waals surface area contributed by atoms with Gasteiger partial charge in [0.2, 0.25) is 0 Å². The Kier molecular flexibility index (Phi) is 4.82. The predicted molar refractivity (Wildman–Crippen MR) is 190 cm³/mol. The van der Waals surface area contributed by atoms with Crippen LogP contribution < -0.4 is 0 Å². The SMILES string of the molecule is CC1(C)c2ccccc2-c2ccc3c4ccccc4n(-c4cccc5c4c4ccccc4n5-c4ccc5ccccc5c4)c3c21. The number of rotatable bonds is 2. The average molecular weight is 575 g/mol. The minimum atomic E-state index is -0.134. The lowest BCUT2D eigenvalue weighted by Crippen LogP contribution is -2.16. The van der Waals surface area contributed by atoms with E-state index in [0.29, 0.717) is 0 Å². The van der Waals surface area contributed by atoms with Gasteiger partial charge in [0, 0.05) is 32.6 Å². The molecule has 2 aromatic heterocycles. The van der Waals surface area contributed by atoms with Crippen LogP contribution in [-0.4, -0.2) is 9.13 Å². The van der Waals surface area contributed by atoms with E-state index in [0.717, 1.165) is 0 Å². The topological polar surface area (TPSA) is 9.86 Å². The zero-order valence-electron chi connectivity index (χ0n) is 25.3. The van der Waals surface area contributed by atoms with E-state index in [1.54, 1.807) is 0 Å². The van der Waals surface area contributed by atoms with Crippen molar-refractivity contribution in [2.24, 2.45) is 0 Å². The Morgan fingerprint density at radius 2 is 1.16 bits per heavy atom. The van der Waals surface area contributed by atoms with Crippen molar-refractivity contribution in [3.8, 4) is 22.5 Å². The predicted octanol–water partition coefficient (Wildman–Crippen LogP) is 11.3. The Labute approximate surface area is 261 Å². The third kappa shape index (κ3) is 3.18. The number of aromatic nitrogens is 2. The number of fused-ring (bicyclic) bond motifs is 11. The molecule has 0 unspecified atom stereocenters. The molecule has 45 heavy (non-hydrogen) atoms. The number of para-hydroxylation sites is 2. The number of nitrogens with zero attached hydrogens (tertiary/aromatic N) is 2. The van der Waals surface area contributed by atoms with Crippen molar-refractivity contribution in [2.75, 3.05) is 0 Å². The van der Waals surface area contributed by atoms with Crippen LogP contribution in [-0.2, 0) is 5.41 Å². The molecule has 0 saturated carbocycles. The molecule has 2 heteroatoms. The Morgan fingerprint density at radius 3 is 2.02 bits per heavy atom. The Balaban J connectivity index is 1.37. The molecule has 0 fully saturated rings. The standard InChI is InChI=1S/C43H30N2/c1-43(2)35-17-8-5-14-30(35)32-24-25-33-31-15-6-9-18-36(31)45(42(33)41(32)43)39-21-11-20-38-40(39)34-16-7-10-19-37(34)44(38)29-23-22-27-12-3-4-13-28(27)26-29/h3-26H,1-2H3. The van der Waals surface area contributed by atoms with Crippen LogP contribution in [0.3, 0.4) is 0 Å². The second-order valence-electron chi connectivity index (χ2n) is 13.0. The molecule has 0 spiro atoms. The molecule has 0 radical (unpaired) electrons. The second kappa shape index (κ2) is 8.74. The Hall–Kier alpha value is -5.60. The van der Waals surface area contributed by atoms with Crippen LogP contribution in [0, 0.1) is 0 Å². The van der Waals surface area contributed by atoms with Crippen LogP contribution in [0.5, 0.6) is 0 Å². The number of hydrogen-bond donors (Lipinski definition) is 0. The second-order valence-corrected chi connectivity index (χ2v) is 13.0. The van der Waals surface area contributed by atoms with Crippen LogP contribution in [0.1, 0.15) is 25.0 Å². The van der Waals surface area contributed by atoms with Crippen molar-refractivity contribution in [1.82, 2.24) is 9.13 Å². The first-order valence-corrected chi connectivity index (χ1v) is 15.8. The van der Waals surface area contributed by atoms with Gasteiger partial charge in [-0.1, -0.05) is 123 Å². The summed E-state index contributed by atoms with van der Waals surface area (Å²) in [4.78, 5) is 0. The van der Waals surface area contributed by atoms with Crippen molar-refractivity contribution in [3.63, 3.8) is 0 Å². The molecule has 2 nitrogen and oxygen atoms in total. The van der Waals surface area contributed by atoms with Gasteiger partial charge in [-0.15, -0.1) is 0 Å². The van der Waals surface area contributed by atoms with Crippen LogP contribution in [0.2, 0.25) is 0 Å². The Morgan fingerprint density at radius 1 is 0.467 bits per heavy atom. The van der Waals surface area contributed by atoms with Crippen LogP contribution in [0.15, 0.2) is 146 Å². The summed E-state index contributed by atoms with van der Waals surface area (Å²) in [6, 6.07) is 53.7. The fourth-order valence-corrected chi connectivity index (χ4v) is 8.34. The summed E-state index contributed by atoms with van der Waals surface area (Å²) in [6.45, 7) is 4.79. The molecule has 0 bridgehead atoms. The van der Waals surface area contributed by atoms with Crippen LogP contribution in [0.4, 0.5) is 0 Å². The summed E-state index contributed by atoms with van der Waals surface area (Å²) in [5.74, 6) is 0. The third-order valence-electron chi connectivity index (χ3n) is 10.3. The first-order valence-electron chi connectivity index (χ1n) is 15.8. The minimum Gasteiger partial charge on any atom is -0.309 e. The molecule has 1 aliphatic rings. The number of benzene rings is 7. The first kappa shape index (κ1) is 24.8. The van der Waals surface area contributed by atoms with Gasteiger partial charge in [0.1, 0.15) is 0 Å². The molecule has 212 valence electrons. The highest BCUT2D eigenvalue weighted by Crippen LogP contribution is 2.53. The third-order valence-corrected chi connectivity index (χ3v) is 10.3. The van der Waals surface area contributed by atoms with E-state index in [-0.39, 0.29) is 5.41 Å². The summed E-state index contributed by atoms with van der Waals surface area (Å²) in [5.41, 5.74) is 12.7. The van der Waals surface area contributed by atoms with Crippen molar-refractivity contribution < 1.29 is 0 Å². The van der Waals surface area contributed by atoms with Crippen molar-refractivity contribution in [1.29, 1.82) is 0 Å². The lowest BCUT2D eigenvalue weighted by Gasteiger charge is -2.24. The van der Waals surface area contributed by atoms with E-state index in [9.17, 15) is 0 Å². The van der Waals surface area contributed by atoms with E-state index >= 15 is 0 Å². The maximum atomic E-state index is 2.57. The summed E-state index contributed by atoms with van der Waals surface area (Å²) in [6.07, 6.45) is 0. The van der Waals surface area contributed by atoms with Gasteiger partial charge in [-0.2, -0.15) is 0 Å². The highest BCUT2D eigenvalue weighted by molar-refractivity contribution is 6.18. The molecule has 10 rings (SSSR count). The van der Waals surface area contributed by atoms with Gasteiger partial charge in [0.25, 0.3) is 0 Å². The zero-order valence-corrected chi connectivity index (χ0v) is 25.3. The van der Waals surface area contributed by atoms with Crippen LogP contribution in [0.25, 0.3) is 76.9 Å². The number of hydrogen-bond acceptors (Lipinski definition) is 0. The molecule has 1 aliphatic carbocycles. The molecule has 0 N–H and O–H groups in total. The van der Waals surface area contributed by atoms with E-state index < -0.39 is 0 Å². The molecule has 0 aliphatic heterocycles. The van der Waals surface area contributed by atoms with Gasteiger partial charge in [-0.3, -0.25) is 0 Å². The van der Waals surface area contributed by atoms with Crippen molar-refractivity contribution >= 4 is 54.4 Å².